The number of carbonyl (C=O) groups is 1. The van der Waals surface area contributed by atoms with Gasteiger partial charge in [0.1, 0.15) is 5.75 Å². The van der Waals surface area contributed by atoms with E-state index in [0.29, 0.717) is 24.0 Å². The second-order valence-corrected chi connectivity index (χ2v) is 5.77. The number of aldehydes is 1. The summed E-state index contributed by atoms with van der Waals surface area (Å²) in [4.78, 5) is 10.9. The predicted molar refractivity (Wildman–Crippen MR) is 66.6 cm³/mol. The molecule has 0 spiro atoms. The third-order valence-corrected chi connectivity index (χ3v) is 4.59. The molecule has 0 aromatic heterocycles. The monoisotopic (exact) mass is 284 g/mol. The summed E-state index contributed by atoms with van der Waals surface area (Å²) < 4.78 is 43.7. The zero-order valence-corrected chi connectivity index (χ0v) is 11.0. The van der Waals surface area contributed by atoms with E-state index in [0.717, 1.165) is 25.0 Å². The number of benzene rings is 1. The van der Waals surface area contributed by atoms with Crippen LogP contribution in [0.3, 0.4) is 0 Å². The lowest BCUT2D eigenvalue weighted by atomic mass is 10.1. The van der Waals surface area contributed by atoms with E-state index in [2.05, 4.69) is 6.92 Å². The van der Waals surface area contributed by atoms with Gasteiger partial charge in [0.05, 0.1) is 17.2 Å². The van der Waals surface area contributed by atoms with Gasteiger partial charge in [0.25, 0.3) is 0 Å². The summed E-state index contributed by atoms with van der Waals surface area (Å²) in [5, 5.41) is 0. The fraction of sp³-hybridized carbons (Fsp3) is 0.533. The van der Waals surface area contributed by atoms with Crippen LogP contribution >= 0.6 is 0 Å². The molecule has 1 aromatic rings. The molecule has 0 radical (unpaired) electrons. The molecule has 20 heavy (non-hydrogen) atoms. The Bertz CT molecular complexity index is 526. The zero-order chi connectivity index (χ0) is 14.5. The highest BCUT2D eigenvalue weighted by atomic mass is 19.4. The number of halogens is 3. The lowest BCUT2D eigenvalue weighted by Gasteiger charge is -2.18. The minimum atomic E-state index is -4.42. The molecule has 2 fully saturated rings. The molecule has 0 saturated heterocycles. The summed E-state index contributed by atoms with van der Waals surface area (Å²) >= 11 is 0. The normalized spacial score (nSPS) is 31.8. The zero-order valence-electron chi connectivity index (χ0n) is 11.0. The van der Waals surface area contributed by atoms with Crippen molar-refractivity contribution in [1.29, 1.82) is 0 Å². The van der Waals surface area contributed by atoms with E-state index in [-0.39, 0.29) is 17.4 Å². The molecule has 0 amide bonds. The number of hydrogen-bond donors (Lipinski definition) is 0. The molecule has 3 rings (SSSR count). The maximum absolute atomic E-state index is 12.7. The second kappa shape index (κ2) is 4.50. The van der Waals surface area contributed by atoms with E-state index in [1.807, 2.05) is 0 Å². The Hall–Kier alpha value is -1.52. The molecule has 2 unspecified atom stereocenters. The molecule has 2 nitrogen and oxygen atoms in total. The molecule has 5 heteroatoms. The number of carbonyl (C=O) groups excluding carboxylic acids is 1. The van der Waals surface area contributed by atoms with Gasteiger partial charge in [0.15, 0.2) is 6.29 Å². The second-order valence-electron chi connectivity index (χ2n) is 5.77. The van der Waals surface area contributed by atoms with E-state index in [9.17, 15) is 18.0 Å². The molecular formula is C15H15F3O2. The predicted octanol–water partition coefficient (Wildman–Crippen LogP) is 3.94. The standard InChI is InChI=1S/C15H15F3O2/c1-8-12-5-11(6-13(8)12)20-14-4-10(15(16,17)18)3-2-9(14)7-19/h2-4,7-8,11-13H,5-6H2,1H3. The largest absolute Gasteiger partial charge is 0.490 e. The van der Waals surface area contributed by atoms with Crippen LogP contribution in [0.15, 0.2) is 18.2 Å². The summed E-state index contributed by atoms with van der Waals surface area (Å²) in [6.07, 6.45) is -2.20. The third-order valence-electron chi connectivity index (χ3n) is 4.59. The van der Waals surface area contributed by atoms with Crippen molar-refractivity contribution >= 4 is 6.29 Å². The number of fused-ring (bicyclic) bond motifs is 1. The Morgan fingerprint density at radius 1 is 1.25 bits per heavy atom. The summed E-state index contributed by atoms with van der Waals surface area (Å²) in [7, 11) is 0. The van der Waals surface area contributed by atoms with Crippen LogP contribution in [0, 0.1) is 17.8 Å². The molecule has 0 heterocycles. The average Bonchev–Trinajstić information content (AvgIpc) is 2.83. The molecule has 0 bridgehead atoms. The SMILES string of the molecule is CC1C2CC(Oc3cc(C(F)(F)F)ccc3C=O)CC12. The van der Waals surface area contributed by atoms with E-state index in [4.69, 9.17) is 4.74 Å². The van der Waals surface area contributed by atoms with Crippen molar-refractivity contribution < 1.29 is 22.7 Å². The Morgan fingerprint density at radius 3 is 2.45 bits per heavy atom. The van der Waals surface area contributed by atoms with Gasteiger partial charge in [-0.15, -0.1) is 0 Å². The summed E-state index contributed by atoms with van der Waals surface area (Å²) in [5.74, 6) is 2.05. The highest BCUT2D eigenvalue weighted by Gasteiger charge is 2.54. The third kappa shape index (κ3) is 2.30. The van der Waals surface area contributed by atoms with Crippen LogP contribution in [0.5, 0.6) is 5.75 Å². The van der Waals surface area contributed by atoms with E-state index < -0.39 is 11.7 Å². The van der Waals surface area contributed by atoms with Crippen LogP contribution in [0.2, 0.25) is 0 Å². The summed E-state index contributed by atoms with van der Waals surface area (Å²) in [6, 6.07) is 3.01. The molecule has 2 aliphatic rings. The lowest BCUT2D eigenvalue weighted by Crippen LogP contribution is -2.16. The molecule has 2 aliphatic carbocycles. The molecule has 2 atom stereocenters. The molecule has 0 N–H and O–H groups in total. The van der Waals surface area contributed by atoms with Crippen molar-refractivity contribution in [3.8, 4) is 5.75 Å². The molecule has 108 valence electrons. The molecule has 0 aliphatic heterocycles. The van der Waals surface area contributed by atoms with Gasteiger partial charge in [0.2, 0.25) is 0 Å². The van der Waals surface area contributed by atoms with Gasteiger partial charge in [-0.1, -0.05) is 6.92 Å². The van der Waals surface area contributed by atoms with Crippen LogP contribution in [0.25, 0.3) is 0 Å². The van der Waals surface area contributed by atoms with Crippen molar-refractivity contribution in [1.82, 2.24) is 0 Å². The maximum Gasteiger partial charge on any atom is 0.416 e. The minimum absolute atomic E-state index is 0.0498. The van der Waals surface area contributed by atoms with Crippen molar-refractivity contribution in [2.75, 3.05) is 0 Å². The topological polar surface area (TPSA) is 26.3 Å². The van der Waals surface area contributed by atoms with Gasteiger partial charge in [0, 0.05) is 0 Å². The van der Waals surface area contributed by atoms with Crippen LogP contribution in [-0.4, -0.2) is 12.4 Å². The Labute approximate surface area is 114 Å². The Kier molecular flexibility index (Phi) is 3.03. The van der Waals surface area contributed by atoms with Crippen LogP contribution in [0.4, 0.5) is 13.2 Å². The van der Waals surface area contributed by atoms with Gasteiger partial charge in [-0.25, -0.2) is 0 Å². The van der Waals surface area contributed by atoms with Gasteiger partial charge in [-0.05, 0) is 48.8 Å². The fourth-order valence-corrected chi connectivity index (χ4v) is 3.30. The summed E-state index contributed by atoms with van der Waals surface area (Å²) in [5.41, 5.74) is -0.610. The maximum atomic E-state index is 12.7. The van der Waals surface area contributed by atoms with Gasteiger partial charge >= 0.3 is 6.18 Å². The van der Waals surface area contributed by atoms with Crippen LogP contribution in [0.1, 0.15) is 35.7 Å². The van der Waals surface area contributed by atoms with E-state index >= 15 is 0 Å². The molecule has 1 aromatic carbocycles. The first-order chi connectivity index (χ1) is 9.40. The number of rotatable bonds is 3. The average molecular weight is 284 g/mol. The first-order valence-electron chi connectivity index (χ1n) is 6.73. The van der Waals surface area contributed by atoms with E-state index in [1.165, 1.54) is 6.07 Å². The van der Waals surface area contributed by atoms with Crippen LogP contribution in [-0.2, 0) is 6.18 Å². The number of hydrogen-bond acceptors (Lipinski definition) is 2. The van der Waals surface area contributed by atoms with Gasteiger partial charge in [-0.2, -0.15) is 13.2 Å². The first-order valence-corrected chi connectivity index (χ1v) is 6.73. The quantitative estimate of drug-likeness (QED) is 0.786. The Morgan fingerprint density at radius 2 is 1.90 bits per heavy atom. The van der Waals surface area contributed by atoms with Gasteiger partial charge in [-0.3, -0.25) is 4.79 Å². The smallest absolute Gasteiger partial charge is 0.416 e. The van der Waals surface area contributed by atoms with E-state index in [1.54, 1.807) is 0 Å². The highest BCUT2D eigenvalue weighted by molar-refractivity contribution is 5.79. The number of alkyl halides is 3. The molecular weight excluding hydrogens is 269 g/mol. The number of ether oxygens (including phenoxy) is 1. The van der Waals surface area contributed by atoms with Crippen LogP contribution < -0.4 is 4.74 Å². The minimum Gasteiger partial charge on any atom is -0.490 e. The fourth-order valence-electron chi connectivity index (χ4n) is 3.30. The van der Waals surface area contributed by atoms with Crippen molar-refractivity contribution in [2.45, 2.75) is 32.0 Å². The first kappa shape index (κ1) is 13.5. The lowest BCUT2D eigenvalue weighted by molar-refractivity contribution is -0.137. The van der Waals surface area contributed by atoms with Crippen molar-refractivity contribution in [3.05, 3.63) is 29.3 Å². The van der Waals surface area contributed by atoms with Crippen molar-refractivity contribution in [3.63, 3.8) is 0 Å². The van der Waals surface area contributed by atoms with Crippen molar-refractivity contribution in [2.24, 2.45) is 17.8 Å². The Balaban J connectivity index is 1.79. The summed E-state index contributed by atoms with van der Waals surface area (Å²) in [6.45, 7) is 2.19. The van der Waals surface area contributed by atoms with Gasteiger partial charge < -0.3 is 4.74 Å². The highest BCUT2D eigenvalue weighted by Crippen LogP contribution is 2.57. The molecule has 2 saturated carbocycles.